The highest BCUT2D eigenvalue weighted by atomic mass is 79.9. The standard InChI is InChI=1S/C24H21BrN2O2S/c1-3-12-29-21-11-7-17(14-19(21)25)23(28)26-18-8-5-16(6-9-18)24-27-20-10-4-15(2)13-22(20)30-24/h4-11,13-14H,3,12H2,1-2H3,(H,26,28). The molecule has 0 unspecified atom stereocenters. The molecule has 0 fully saturated rings. The molecule has 3 aromatic carbocycles. The Morgan fingerprint density at radius 1 is 1.10 bits per heavy atom. The number of amides is 1. The minimum absolute atomic E-state index is 0.166. The maximum absolute atomic E-state index is 12.6. The zero-order valence-corrected chi connectivity index (χ0v) is 19.1. The fourth-order valence-corrected chi connectivity index (χ4v) is 4.59. The van der Waals surface area contributed by atoms with Crippen LogP contribution in [-0.4, -0.2) is 17.5 Å². The number of fused-ring (bicyclic) bond motifs is 1. The van der Waals surface area contributed by atoms with E-state index in [9.17, 15) is 4.79 Å². The summed E-state index contributed by atoms with van der Waals surface area (Å²) < 4.78 is 7.59. The van der Waals surface area contributed by atoms with E-state index >= 15 is 0 Å². The summed E-state index contributed by atoms with van der Waals surface area (Å²) in [5.74, 6) is 0.574. The lowest BCUT2D eigenvalue weighted by Crippen LogP contribution is -2.12. The Balaban J connectivity index is 1.47. The summed E-state index contributed by atoms with van der Waals surface area (Å²) in [6, 6.07) is 19.4. The molecule has 0 aliphatic carbocycles. The summed E-state index contributed by atoms with van der Waals surface area (Å²) in [4.78, 5) is 17.3. The second-order valence-electron chi connectivity index (χ2n) is 7.02. The molecule has 4 aromatic rings. The van der Waals surface area contributed by atoms with Crippen LogP contribution in [0.3, 0.4) is 0 Å². The number of carbonyl (C=O) groups is 1. The zero-order valence-electron chi connectivity index (χ0n) is 16.7. The van der Waals surface area contributed by atoms with Gasteiger partial charge in [0.05, 0.1) is 21.3 Å². The summed E-state index contributed by atoms with van der Waals surface area (Å²) in [5, 5.41) is 3.92. The van der Waals surface area contributed by atoms with E-state index in [2.05, 4.69) is 53.3 Å². The summed E-state index contributed by atoms with van der Waals surface area (Å²) in [6.07, 6.45) is 0.932. The first kappa shape index (κ1) is 20.6. The normalized spacial score (nSPS) is 10.9. The van der Waals surface area contributed by atoms with Crippen molar-refractivity contribution in [2.24, 2.45) is 0 Å². The molecule has 30 heavy (non-hydrogen) atoms. The number of thiazole rings is 1. The molecule has 4 nitrogen and oxygen atoms in total. The number of aryl methyl sites for hydroxylation is 1. The third-order valence-corrected chi connectivity index (χ3v) is 6.28. The highest BCUT2D eigenvalue weighted by Crippen LogP contribution is 2.31. The Bertz CT molecular complexity index is 1200. The van der Waals surface area contributed by atoms with Crippen LogP contribution in [0.4, 0.5) is 5.69 Å². The number of anilines is 1. The van der Waals surface area contributed by atoms with Gasteiger partial charge in [-0.05, 0) is 89.4 Å². The Kier molecular flexibility index (Phi) is 6.16. The Labute approximate surface area is 188 Å². The fraction of sp³-hybridized carbons (Fsp3) is 0.167. The minimum atomic E-state index is -0.166. The average Bonchev–Trinajstić information content (AvgIpc) is 3.16. The predicted molar refractivity (Wildman–Crippen MR) is 128 cm³/mol. The summed E-state index contributed by atoms with van der Waals surface area (Å²) >= 11 is 5.15. The third-order valence-electron chi connectivity index (χ3n) is 4.59. The molecular formula is C24H21BrN2O2S. The largest absolute Gasteiger partial charge is 0.492 e. The first-order valence-electron chi connectivity index (χ1n) is 9.75. The lowest BCUT2D eigenvalue weighted by molar-refractivity contribution is 0.102. The summed E-state index contributed by atoms with van der Waals surface area (Å²) in [7, 11) is 0. The van der Waals surface area contributed by atoms with Crippen molar-refractivity contribution in [2.45, 2.75) is 20.3 Å². The van der Waals surface area contributed by atoms with Crippen molar-refractivity contribution in [2.75, 3.05) is 11.9 Å². The minimum Gasteiger partial charge on any atom is -0.492 e. The number of benzene rings is 3. The van der Waals surface area contributed by atoms with Gasteiger partial charge in [0.1, 0.15) is 10.8 Å². The van der Waals surface area contributed by atoms with Crippen molar-refractivity contribution in [1.29, 1.82) is 0 Å². The van der Waals surface area contributed by atoms with E-state index in [1.54, 1.807) is 23.5 Å². The molecule has 4 rings (SSSR count). The highest BCUT2D eigenvalue weighted by molar-refractivity contribution is 9.10. The van der Waals surface area contributed by atoms with Gasteiger partial charge in [-0.15, -0.1) is 11.3 Å². The molecule has 0 atom stereocenters. The van der Waals surface area contributed by atoms with Crippen molar-refractivity contribution >= 4 is 49.1 Å². The van der Waals surface area contributed by atoms with Crippen LogP contribution in [0, 0.1) is 6.92 Å². The predicted octanol–water partition coefficient (Wildman–Crippen LogP) is 7.08. The molecule has 1 heterocycles. The monoisotopic (exact) mass is 480 g/mol. The molecule has 0 aliphatic rings. The fourth-order valence-electron chi connectivity index (χ4n) is 3.03. The van der Waals surface area contributed by atoms with E-state index in [1.165, 1.54) is 10.3 Å². The molecular weight excluding hydrogens is 460 g/mol. The van der Waals surface area contributed by atoms with Gasteiger partial charge in [-0.3, -0.25) is 4.79 Å². The number of nitrogens with one attached hydrogen (secondary N) is 1. The van der Waals surface area contributed by atoms with Crippen molar-refractivity contribution in [3.63, 3.8) is 0 Å². The smallest absolute Gasteiger partial charge is 0.255 e. The van der Waals surface area contributed by atoms with Crippen molar-refractivity contribution in [3.05, 3.63) is 76.3 Å². The van der Waals surface area contributed by atoms with Crippen LogP contribution in [0.5, 0.6) is 5.75 Å². The first-order valence-corrected chi connectivity index (χ1v) is 11.4. The van der Waals surface area contributed by atoms with Crippen molar-refractivity contribution < 1.29 is 9.53 Å². The number of nitrogens with zero attached hydrogens (tertiary/aromatic N) is 1. The summed E-state index contributed by atoms with van der Waals surface area (Å²) in [6.45, 7) is 4.78. The van der Waals surface area contributed by atoms with E-state index in [0.29, 0.717) is 12.2 Å². The van der Waals surface area contributed by atoms with E-state index in [1.807, 2.05) is 30.3 Å². The zero-order chi connectivity index (χ0) is 21.1. The molecule has 0 saturated carbocycles. The molecule has 0 saturated heterocycles. The van der Waals surface area contributed by atoms with Gasteiger partial charge in [-0.1, -0.05) is 13.0 Å². The van der Waals surface area contributed by atoms with Gasteiger partial charge in [0.15, 0.2) is 0 Å². The first-order chi connectivity index (χ1) is 14.5. The van der Waals surface area contributed by atoms with Gasteiger partial charge in [0.2, 0.25) is 0 Å². The molecule has 0 bridgehead atoms. The van der Waals surface area contributed by atoms with Gasteiger partial charge >= 0.3 is 0 Å². The lowest BCUT2D eigenvalue weighted by Gasteiger charge is -2.10. The second kappa shape index (κ2) is 8.98. The quantitative estimate of drug-likeness (QED) is 0.320. The number of hydrogen-bond donors (Lipinski definition) is 1. The maximum atomic E-state index is 12.6. The van der Waals surface area contributed by atoms with Crippen LogP contribution < -0.4 is 10.1 Å². The second-order valence-corrected chi connectivity index (χ2v) is 8.90. The van der Waals surface area contributed by atoms with Crippen LogP contribution in [0.15, 0.2) is 65.1 Å². The topological polar surface area (TPSA) is 51.2 Å². The number of hydrogen-bond acceptors (Lipinski definition) is 4. The van der Waals surface area contributed by atoms with Crippen LogP contribution in [-0.2, 0) is 0 Å². The Morgan fingerprint density at radius 2 is 1.90 bits per heavy atom. The summed E-state index contributed by atoms with van der Waals surface area (Å²) in [5.41, 5.74) is 4.58. The highest BCUT2D eigenvalue weighted by Gasteiger charge is 2.11. The molecule has 6 heteroatoms. The van der Waals surface area contributed by atoms with Crippen molar-refractivity contribution in [1.82, 2.24) is 4.98 Å². The third kappa shape index (κ3) is 4.55. The van der Waals surface area contributed by atoms with Gasteiger partial charge < -0.3 is 10.1 Å². The molecule has 0 radical (unpaired) electrons. The maximum Gasteiger partial charge on any atom is 0.255 e. The van der Waals surface area contributed by atoms with Crippen LogP contribution in [0.25, 0.3) is 20.8 Å². The average molecular weight is 481 g/mol. The SMILES string of the molecule is CCCOc1ccc(C(=O)Nc2ccc(-c3nc4ccc(C)cc4s3)cc2)cc1Br. The number of halogens is 1. The molecule has 1 aromatic heterocycles. The van der Waals surface area contributed by atoms with Crippen LogP contribution in [0.2, 0.25) is 0 Å². The van der Waals surface area contributed by atoms with E-state index < -0.39 is 0 Å². The van der Waals surface area contributed by atoms with Gasteiger partial charge in [0.25, 0.3) is 5.91 Å². The Morgan fingerprint density at radius 3 is 2.63 bits per heavy atom. The molecule has 152 valence electrons. The van der Waals surface area contributed by atoms with E-state index in [0.717, 1.165) is 38.4 Å². The van der Waals surface area contributed by atoms with Crippen LogP contribution >= 0.6 is 27.3 Å². The van der Waals surface area contributed by atoms with E-state index in [4.69, 9.17) is 9.72 Å². The van der Waals surface area contributed by atoms with Crippen molar-refractivity contribution in [3.8, 4) is 16.3 Å². The molecule has 1 N–H and O–H groups in total. The molecule has 1 amide bonds. The number of ether oxygens (including phenoxy) is 1. The van der Waals surface area contributed by atoms with Gasteiger partial charge in [-0.25, -0.2) is 4.98 Å². The molecule has 0 aliphatic heterocycles. The molecule has 0 spiro atoms. The Hall–Kier alpha value is -2.70. The lowest BCUT2D eigenvalue weighted by atomic mass is 10.1. The van der Waals surface area contributed by atoms with Crippen LogP contribution in [0.1, 0.15) is 29.3 Å². The van der Waals surface area contributed by atoms with Gasteiger partial charge in [0, 0.05) is 16.8 Å². The number of carbonyl (C=O) groups excluding carboxylic acids is 1. The number of aromatic nitrogens is 1. The van der Waals surface area contributed by atoms with E-state index in [-0.39, 0.29) is 5.91 Å². The van der Waals surface area contributed by atoms with Gasteiger partial charge in [-0.2, -0.15) is 0 Å². The number of rotatable bonds is 6.